The molecule has 0 amide bonds. The van der Waals surface area contributed by atoms with Crippen LogP contribution in [0.3, 0.4) is 0 Å². The SMILES string of the molecule is Cc1ccc(NS(=O)(=O)c2ccc(N)cc2C#N)c(C)n1. The van der Waals surface area contributed by atoms with E-state index < -0.39 is 10.0 Å². The van der Waals surface area contributed by atoms with Crippen molar-refractivity contribution in [3.05, 3.63) is 47.3 Å². The number of rotatable bonds is 3. The molecule has 0 aliphatic rings. The third-order valence-electron chi connectivity index (χ3n) is 2.88. The minimum absolute atomic E-state index is 0.000207. The molecule has 0 bridgehead atoms. The predicted octanol–water partition coefficient (Wildman–Crippen LogP) is 1.95. The van der Waals surface area contributed by atoms with Gasteiger partial charge in [-0.25, -0.2) is 8.42 Å². The molecule has 0 spiro atoms. The van der Waals surface area contributed by atoms with E-state index in [9.17, 15) is 8.42 Å². The molecule has 0 saturated carbocycles. The zero-order valence-corrected chi connectivity index (χ0v) is 12.4. The van der Waals surface area contributed by atoms with Crippen LogP contribution in [0.1, 0.15) is 17.0 Å². The minimum Gasteiger partial charge on any atom is -0.399 e. The highest BCUT2D eigenvalue weighted by Gasteiger charge is 2.20. The highest BCUT2D eigenvalue weighted by Crippen LogP contribution is 2.22. The summed E-state index contributed by atoms with van der Waals surface area (Å²) in [5.74, 6) is 0. The Kier molecular flexibility index (Phi) is 3.82. The first-order chi connectivity index (χ1) is 9.83. The molecule has 1 heterocycles. The standard InChI is InChI=1S/C14H14N4O2S/c1-9-3-5-13(10(2)17-9)18-21(19,20)14-6-4-12(16)7-11(14)8-15/h3-7,18H,16H2,1-2H3. The van der Waals surface area contributed by atoms with Crippen LogP contribution in [0.2, 0.25) is 0 Å². The Morgan fingerprint density at radius 3 is 2.57 bits per heavy atom. The highest BCUT2D eigenvalue weighted by atomic mass is 32.2. The lowest BCUT2D eigenvalue weighted by molar-refractivity contribution is 0.601. The first kappa shape index (κ1) is 14.8. The molecule has 6 nitrogen and oxygen atoms in total. The summed E-state index contributed by atoms with van der Waals surface area (Å²) in [4.78, 5) is 4.08. The van der Waals surface area contributed by atoms with E-state index in [1.807, 2.05) is 13.0 Å². The van der Waals surface area contributed by atoms with Gasteiger partial charge in [0, 0.05) is 11.4 Å². The van der Waals surface area contributed by atoms with Gasteiger partial charge >= 0.3 is 0 Å². The third kappa shape index (κ3) is 3.12. The average molecular weight is 302 g/mol. The number of nitrogens with zero attached hydrogens (tertiary/aromatic N) is 2. The van der Waals surface area contributed by atoms with Gasteiger partial charge in [-0.2, -0.15) is 5.26 Å². The molecule has 7 heteroatoms. The number of benzene rings is 1. The molecule has 3 N–H and O–H groups in total. The monoisotopic (exact) mass is 302 g/mol. The summed E-state index contributed by atoms with van der Waals surface area (Å²) in [6.45, 7) is 3.53. The van der Waals surface area contributed by atoms with Gasteiger partial charge in [0.25, 0.3) is 10.0 Å². The van der Waals surface area contributed by atoms with Crippen molar-refractivity contribution in [3.63, 3.8) is 0 Å². The second kappa shape index (κ2) is 5.42. The highest BCUT2D eigenvalue weighted by molar-refractivity contribution is 7.92. The molecule has 1 aromatic heterocycles. The molecule has 1 aromatic carbocycles. The molecule has 0 saturated heterocycles. The van der Waals surface area contributed by atoms with Crippen molar-refractivity contribution in [2.75, 3.05) is 10.5 Å². The fourth-order valence-electron chi connectivity index (χ4n) is 1.86. The van der Waals surface area contributed by atoms with E-state index >= 15 is 0 Å². The molecule has 2 rings (SSSR count). The van der Waals surface area contributed by atoms with Crippen LogP contribution in [0, 0.1) is 25.2 Å². The molecule has 0 aliphatic heterocycles. The number of pyridine rings is 1. The summed E-state index contributed by atoms with van der Waals surface area (Å²) < 4.78 is 27.2. The minimum atomic E-state index is -3.88. The van der Waals surface area contributed by atoms with Gasteiger partial charge in [-0.3, -0.25) is 9.71 Å². The topological polar surface area (TPSA) is 109 Å². The molecular formula is C14H14N4O2S. The summed E-state index contributed by atoms with van der Waals surface area (Å²) in [6, 6.07) is 9.26. The lowest BCUT2D eigenvalue weighted by atomic mass is 10.2. The van der Waals surface area contributed by atoms with Gasteiger partial charge < -0.3 is 5.73 Å². The Morgan fingerprint density at radius 2 is 1.95 bits per heavy atom. The molecule has 21 heavy (non-hydrogen) atoms. The van der Waals surface area contributed by atoms with E-state index in [1.54, 1.807) is 19.1 Å². The number of sulfonamides is 1. The molecule has 0 unspecified atom stereocenters. The number of nitrogen functional groups attached to an aromatic ring is 1. The van der Waals surface area contributed by atoms with Gasteiger partial charge in [0.1, 0.15) is 11.0 Å². The Bertz CT molecular complexity index is 839. The first-order valence-corrected chi connectivity index (χ1v) is 7.58. The van der Waals surface area contributed by atoms with Gasteiger partial charge in [-0.05, 0) is 44.2 Å². The maximum atomic E-state index is 12.4. The summed E-state index contributed by atoms with van der Waals surface area (Å²) in [5, 5.41) is 9.05. The maximum Gasteiger partial charge on any atom is 0.263 e. The lowest BCUT2D eigenvalue weighted by Gasteiger charge is -2.11. The van der Waals surface area contributed by atoms with Crippen molar-refractivity contribution in [1.82, 2.24) is 4.98 Å². The van der Waals surface area contributed by atoms with Crippen LogP contribution < -0.4 is 10.5 Å². The van der Waals surface area contributed by atoms with E-state index in [1.165, 1.54) is 18.2 Å². The van der Waals surface area contributed by atoms with E-state index in [-0.39, 0.29) is 10.5 Å². The molecular weight excluding hydrogens is 288 g/mol. The van der Waals surface area contributed by atoms with Crippen molar-refractivity contribution in [2.45, 2.75) is 18.7 Å². The van der Waals surface area contributed by atoms with Crippen LogP contribution >= 0.6 is 0 Å². The van der Waals surface area contributed by atoms with Crippen LogP contribution in [0.15, 0.2) is 35.2 Å². The molecule has 0 radical (unpaired) electrons. The quantitative estimate of drug-likeness (QED) is 0.842. The second-order valence-corrected chi connectivity index (χ2v) is 6.21. The zero-order valence-electron chi connectivity index (χ0n) is 11.6. The normalized spacial score (nSPS) is 10.9. The predicted molar refractivity (Wildman–Crippen MR) is 80.1 cm³/mol. The number of aryl methyl sites for hydroxylation is 2. The van der Waals surface area contributed by atoms with Gasteiger partial charge in [-0.15, -0.1) is 0 Å². The Morgan fingerprint density at radius 1 is 1.24 bits per heavy atom. The number of nitrogens with two attached hydrogens (primary N) is 1. The largest absolute Gasteiger partial charge is 0.399 e. The van der Waals surface area contributed by atoms with Gasteiger partial charge in [0.2, 0.25) is 0 Å². The Balaban J connectivity index is 2.46. The lowest BCUT2D eigenvalue weighted by Crippen LogP contribution is -2.15. The van der Waals surface area contributed by atoms with E-state index in [0.29, 0.717) is 17.1 Å². The number of hydrogen-bond acceptors (Lipinski definition) is 5. The summed E-state index contributed by atoms with van der Waals surface area (Å²) >= 11 is 0. The fraction of sp³-hybridized carbons (Fsp3) is 0.143. The average Bonchev–Trinajstić information content (AvgIpc) is 2.41. The van der Waals surface area contributed by atoms with Crippen molar-refractivity contribution in [1.29, 1.82) is 5.26 Å². The number of nitrogens with one attached hydrogen (secondary N) is 1. The number of anilines is 2. The van der Waals surface area contributed by atoms with Crippen LogP contribution in [-0.4, -0.2) is 13.4 Å². The fourth-order valence-corrected chi connectivity index (χ4v) is 3.12. The Hall–Kier alpha value is -2.59. The van der Waals surface area contributed by atoms with Gasteiger partial charge in [-0.1, -0.05) is 0 Å². The molecule has 0 aliphatic carbocycles. The maximum absolute atomic E-state index is 12.4. The smallest absolute Gasteiger partial charge is 0.263 e. The van der Waals surface area contributed by atoms with Crippen molar-refractivity contribution >= 4 is 21.4 Å². The first-order valence-electron chi connectivity index (χ1n) is 6.10. The van der Waals surface area contributed by atoms with E-state index in [2.05, 4.69) is 9.71 Å². The van der Waals surface area contributed by atoms with Gasteiger partial charge in [0.15, 0.2) is 0 Å². The second-order valence-electron chi connectivity index (χ2n) is 4.56. The van der Waals surface area contributed by atoms with Crippen LogP contribution in [0.25, 0.3) is 0 Å². The number of hydrogen-bond donors (Lipinski definition) is 2. The Labute approximate surface area is 123 Å². The van der Waals surface area contributed by atoms with Crippen LogP contribution in [-0.2, 0) is 10.0 Å². The van der Waals surface area contributed by atoms with E-state index in [0.717, 1.165) is 5.69 Å². The third-order valence-corrected chi connectivity index (χ3v) is 4.31. The molecule has 0 fully saturated rings. The van der Waals surface area contributed by atoms with Crippen LogP contribution in [0.4, 0.5) is 11.4 Å². The number of nitriles is 1. The van der Waals surface area contributed by atoms with Crippen molar-refractivity contribution < 1.29 is 8.42 Å². The zero-order chi connectivity index (χ0) is 15.6. The molecule has 0 atom stereocenters. The summed E-state index contributed by atoms with van der Waals surface area (Å²) in [6.07, 6.45) is 0. The van der Waals surface area contributed by atoms with Crippen molar-refractivity contribution in [3.8, 4) is 6.07 Å². The van der Waals surface area contributed by atoms with E-state index in [4.69, 9.17) is 11.0 Å². The van der Waals surface area contributed by atoms with Crippen molar-refractivity contribution in [2.24, 2.45) is 0 Å². The molecule has 108 valence electrons. The van der Waals surface area contributed by atoms with Gasteiger partial charge in [0.05, 0.1) is 16.9 Å². The van der Waals surface area contributed by atoms with Crippen LogP contribution in [0.5, 0.6) is 0 Å². The summed E-state index contributed by atoms with van der Waals surface area (Å²) in [7, 11) is -3.88. The summed E-state index contributed by atoms with van der Waals surface area (Å²) in [5.41, 5.74) is 7.63. The number of aromatic nitrogens is 1. The molecule has 2 aromatic rings.